The Morgan fingerprint density at radius 1 is 1.03 bits per heavy atom. The van der Waals surface area contributed by atoms with Gasteiger partial charge < -0.3 is 35.1 Å². The fraction of sp³-hybridized carbons (Fsp3) is 0.373. The predicted octanol–water partition coefficient (Wildman–Crippen LogP) is 6.52. The van der Waals surface area contributed by atoms with Crippen LogP contribution < -0.4 is 20.9 Å². The van der Waals surface area contributed by atoms with Crippen molar-refractivity contribution in [2.45, 2.75) is 96.1 Å². The fourth-order valence-corrected chi connectivity index (χ4v) is 11.1. The van der Waals surface area contributed by atoms with E-state index >= 15 is 0 Å². The number of rotatable bonds is 15. The van der Waals surface area contributed by atoms with E-state index in [1.54, 1.807) is 57.3 Å². The summed E-state index contributed by atoms with van der Waals surface area (Å²) in [5.74, 6) is 3.17. The summed E-state index contributed by atoms with van der Waals surface area (Å²) in [4.78, 5) is 121. The molecular formula is C51H52F2N7O10PS2. The minimum atomic E-state index is -5.84. The van der Waals surface area contributed by atoms with Crippen molar-refractivity contribution in [1.82, 2.24) is 30.7 Å². The minimum Gasteiger partial charge on any atom is -0.356 e. The van der Waals surface area contributed by atoms with E-state index in [9.17, 15) is 56.7 Å². The second-order valence-electron chi connectivity index (χ2n) is 19.0. The summed E-state index contributed by atoms with van der Waals surface area (Å²) in [6.07, 6.45) is 3.73. The van der Waals surface area contributed by atoms with Gasteiger partial charge in [-0.1, -0.05) is 44.7 Å². The lowest BCUT2D eigenvalue weighted by Crippen LogP contribution is -2.58. The average Bonchev–Trinajstić information content (AvgIpc) is 4.19. The number of fused-ring (bicyclic) bond motifs is 2. The van der Waals surface area contributed by atoms with E-state index in [2.05, 4.69) is 32.8 Å². The van der Waals surface area contributed by atoms with Crippen molar-refractivity contribution in [3.63, 3.8) is 0 Å². The largest absolute Gasteiger partial charge is 0.399 e. The highest BCUT2D eigenvalue weighted by molar-refractivity contribution is 7.52. The van der Waals surface area contributed by atoms with Gasteiger partial charge in [-0.3, -0.25) is 43.4 Å². The van der Waals surface area contributed by atoms with E-state index < -0.39 is 66.0 Å². The number of unbranched alkanes of at least 4 members (excludes halogenated alkanes) is 1. The molecule has 0 bridgehead atoms. The van der Waals surface area contributed by atoms with Gasteiger partial charge in [-0.25, -0.2) is 4.98 Å². The molecule has 2 aromatic heterocycles. The summed E-state index contributed by atoms with van der Waals surface area (Å²) in [6.45, 7) is 5.93. The molecule has 5 heterocycles. The SMILES string of the molecule is CC(C)(C)C(NC(=O)c1cc2cc(C(F)(F)P(=O)(O)O)ccc2s1)C(=O)N1CCC[C@H]1C(=O)N(CCC(=O)NCCCC#Cc1cccc2c1CN(C1CCC(=O)NC1=O)C2=O)c1ccc(-c2nccs2)cc1. The van der Waals surface area contributed by atoms with Crippen molar-refractivity contribution in [2.75, 3.05) is 24.5 Å². The second kappa shape index (κ2) is 21.4. The molecule has 22 heteroatoms. The number of alkyl halides is 2. The van der Waals surface area contributed by atoms with E-state index in [1.165, 1.54) is 38.2 Å². The Hall–Kier alpha value is -6.69. The number of carbonyl (C=O) groups is 7. The van der Waals surface area contributed by atoms with E-state index in [1.807, 2.05) is 17.5 Å². The Kier molecular flexibility index (Phi) is 15.4. The summed E-state index contributed by atoms with van der Waals surface area (Å²) in [5.41, 5.74) is -3.09. The predicted molar refractivity (Wildman–Crippen MR) is 269 cm³/mol. The number of halogens is 2. The van der Waals surface area contributed by atoms with E-state index in [-0.39, 0.29) is 66.9 Å². The summed E-state index contributed by atoms with van der Waals surface area (Å²) in [7, 11) is -5.84. The van der Waals surface area contributed by atoms with Crippen LogP contribution in [0.25, 0.3) is 20.7 Å². The van der Waals surface area contributed by atoms with Crippen molar-refractivity contribution in [1.29, 1.82) is 0 Å². The zero-order chi connectivity index (χ0) is 52.4. The summed E-state index contributed by atoms with van der Waals surface area (Å²) >= 11 is 2.40. The van der Waals surface area contributed by atoms with Gasteiger partial charge >= 0.3 is 13.3 Å². The van der Waals surface area contributed by atoms with Crippen LogP contribution in [0.5, 0.6) is 0 Å². The van der Waals surface area contributed by atoms with Crippen LogP contribution in [0.2, 0.25) is 0 Å². The average molecular weight is 1060 g/mol. The molecule has 7 amide bonds. The molecule has 2 saturated heterocycles. The number of nitrogens with one attached hydrogen (secondary N) is 3. The molecule has 3 aromatic carbocycles. The first-order chi connectivity index (χ1) is 34.6. The number of likely N-dealkylation sites (tertiary alicyclic amines) is 1. The monoisotopic (exact) mass is 1060 g/mol. The Bertz CT molecular complexity index is 3110. The normalized spacial score (nSPS) is 17.4. The van der Waals surface area contributed by atoms with E-state index in [0.29, 0.717) is 59.3 Å². The van der Waals surface area contributed by atoms with Crippen LogP contribution >= 0.6 is 30.3 Å². The summed E-state index contributed by atoms with van der Waals surface area (Å²) in [5, 5.41) is 10.8. The van der Waals surface area contributed by atoms with Crippen LogP contribution in [0, 0.1) is 17.3 Å². The smallest absolute Gasteiger partial charge is 0.356 e. The molecule has 0 radical (unpaired) electrons. The van der Waals surface area contributed by atoms with E-state index in [4.69, 9.17) is 0 Å². The number of hydrogen-bond donors (Lipinski definition) is 5. The molecule has 3 aliphatic heterocycles. The molecule has 0 aliphatic carbocycles. The van der Waals surface area contributed by atoms with Crippen molar-refractivity contribution >= 4 is 87.4 Å². The van der Waals surface area contributed by atoms with Crippen LogP contribution in [0.1, 0.15) is 102 Å². The molecule has 5 aromatic rings. The topological polar surface area (TPSA) is 236 Å². The third-order valence-corrected chi connectivity index (χ3v) is 15.9. The van der Waals surface area contributed by atoms with Crippen LogP contribution in [0.3, 0.4) is 0 Å². The molecule has 3 atom stereocenters. The number of thiophene rings is 1. The number of thiazole rings is 1. The molecular weight excluding hydrogens is 1000 g/mol. The first-order valence-electron chi connectivity index (χ1n) is 23.5. The van der Waals surface area contributed by atoms with Crippen LogP contribution in [0.4, 0.5) is 14.5 Å². The quantitative estimate of drug-likeness (QED) is 0.0328. The van der Waals surface area contributed by atoms with Crippen molar-refractivity contribution in [2.24, 2.45) is 5.41 Å². The molecule has 0 saturated carbocycles. The number of hydrogen-bond acceptors (Lipinski definition) is 11. The maximum Gasteiger partial charge on any atom is 0.399 e. The number of anilines is 1. The zero-order valence-electron chi connectivity index (χ0n) is 40.0. The Morgan fingerprint density at radius 3 is 2.49 bits per heavy atom. The van der Waals surface area contributed by atoms with Crippen LogP contribution in [0.15, 0.2) is 78.3 Å². The number of carbonyl (C=O) groups excluding carboxylic acids is 7. The number of amides is 7. The van der Waals surface area contributed by atoms with Gasteiger partial charge in [0.05, 0.1) is 4.88 Å². The van der Waals surface area contributed by atoms with Gasteiger partial charge in [0.25, 0.3) is 11.8 Å². The van der Waals surface area contributed by atoms with E-state index in [0.717, 1.165) is 34.0 Å². The van der Waals surface area contributed by atoms with Gasteiger partial charge in [-0.2, -0.15) is 8.78 Å². The highest BCUT2D eigenvalue weighted by atomic mass is 32.1. The maximum absolute atomic E-state index is 14.8. The standard InChI is InChI=1S/C51H52F2N7O10PS2/c1-50(2,3)43(57-45(64)40-28-32-27-33(15-19-39(32)73-40)51(52,53)71(68,69)70)49(67)59-24-8-12-38(59)48(66)58(34-16-13-31(14-17-34)46-55-23-26-72-46)25-21-41(61)54-22-6-4-5-9-30-10-7-11-35-36(30)29-60(47(35)65)37-18-20-42(62)56-44(37)63/h7,10-11,13-17,19,23,26-28,37-38,43H,4,6,8,12,18,20-22,24-25,29H2,1-3H3,(H,54,61)(H,57,64)(H,56,62,63)(H2,68,69,70)/t37?,38-,43?/m0/s1. The third kappa shape index (κ3) is 11.4. The Morgan fingerprint density at radius 2 is 1.79 bits per heavy atom. The first-order valence-corrected chi connectivity index (χ1v) is 26.9. The Labute approximate surface area is 426 Å². The zero-order valence-corrected chi connectivity index (χ0v) is 42.5. The number of piperidine rings is 1. The number of benzene rings is 3. The fourth-order valence-electron chi connectivity index (χ4n) is 9.08. The first kappa shape index (κ1) is 52.6. The lowest BCUT2D eigenvalue weighted by atomic mass is 9.85. The van der Waals surface area contributed by atoms with Crippen molar-refractivity contribution in [3.8, 4) is 22.4 Å². The molecule has 0 spiro atoms. The van der Waals surface area contributed by atoms with Crippen molar-refractivity contribution < 1.29 is 56.7 Å². The molecule has 3 aliphatic rings. The maximum atomic E-state index is 14.8. The van der Waals surface area contributed by atoms with Gasteiger partial charge in [0.1, 0.15) is 23.1 Å². The molecule has 5 N–H and O–H groups in total. The minimum absolute atomic E-state index is 0.0273. The lowest BCUT2D eigenvalue weighted by molar-refractivity contribution is -0.141. The highest BCUT2D eigenvalue weighted by Crippen LogP contribution is 2.59. The number of nitrogens with zero attached hydrogens (tertiary/aromatic N) is 4. The third-order valence-electron chi connectivity index (χ3n) is 13.0. The molecule has 17 nitrogen and oxygen atoms in total. The van der Waals surface area contributed by atoms with Crippen LogP contribution in [-0.4, -0.2) is 104 Å². The lowest BCUT2D eigenvalue weighted by Gasteiger charge is -2.36. The van der Waals surface area contributed by atoms with Gasteiger partial charge in [-0.15, -0.1) is 22.7 Å². The van der Waals surface area contributed by atoms with Gasteiger partial charge in [-0.05, 0) is 96.6 Å². The second-order valence-corrected chi connectivity index (χ2v) is 22.6. The number of aromatic nitrogens is 1. The molecule has 382 valence electrons. The molecule has 2 fully saturated rings. The van der Waals surface area contributed by atoms with Crippen molar-refractivity contribution in [3.05, 3.63) is 105 Å². The molecule has 8 rings (SSSR count). The highest BCUT2D eigenvalue weighted by Gasteiger charge is 2.50. The van der Waals surface area contributed by atoms with Gasteiger partial charge in [0, 0.05) is 89.7 Å². The molecule has 73 heavy (non-hydrogen) atoms. The Balaban J connectivity index is 0.915. The molecule has 2 unspecified atom stereocenters. The van der Waals surface area contributed by atoms with Gasteiger partial charge in [0.2, 0.25) is 29.5 Å². The summed E-state index contributed by atoms with van der Waals surface area (Å²) in [6, 6.07) is 13.9. The van der Waals surface area contributed by atoms with Gasteiger partial charge in [0.15, 0.2) is 0 Å². The summed E-state index contributed by atoms with van der Waals surface area (Å²) < 4.78 is 41.0. The number of imide groups is 1. The van der Waals surface area contributed by atoms with Crippen LogP contribution in [-0.2, 0) is 40.7 Å².